The molecular weight excluding hydrogens is 275 g/mol. The highest BCUT2D eigenvalue weighted by molar-refractivity contribution is 5.81. The smallest absolute Gasteiger partial charge is 0.246 e. The molecule has 7 heteroatoms. The van der Waals surface area contributed by atoms with Crippen molar-refractivity contribution in [3.05, 3.63) is 47.3 Å². The first-order valence-corrected chi connectivity index (χ1v) is 6.67. The summed E-state index contributed by atoms with van der Waals surface area (Å²) in [5.41, 5.74) is 0.728. The second-order valence-electron chi connectivity index (χ2n) is 5.06. The van der Waals surface area contributed by atoms with Crippen LogP contribution in [0.2, 0.25) is 0 Å². The molecule has 0 saturated carbocycles. The summed E-state index contributed by atoms with van der Waals surface area (Å²) in [6.07, 6.45) is 0. The third-order valence-electron chi connectivity index (χ3n) is 3.63. The van der Waals surface area contributed by atoms with Gasteiger partial charge in [0.2, 0.25) is 5.91 Å². The number of aliphatic hydroxyl groups is 1. The summed E-state index contributed by atoms with van der Waals surface area (Å²) in [5.74, 6) is 0.593. The zero-order chi connectivity index (χ0) is 15.0. The van der Waals surface area contributed by atoms with Crippen LogP contribution in [-0.4, -0.2) is 30.7 Å². The summed E-state index contributed by atoms with van der Waals surface area (Å²) in [6.45, 7) is 2.11. The number of hydrogen-bond acceptors (Lipinski definition) is 4. The van der Waals surface area contributed by atoms with Crippen molar-refractivity contribution in [3.8, 4) is 0 Å². The number of halogens is 1. The second kappa shape index (κ2) is 5.25. The lowest BCUT2D eigenvalue weighted by Crippen LogP contribution is -2.41. The van der Waals surface area contributed by atoms with Crippen LogP contribution >= 0.6 is 0 Å². The van der Waals surface area contributed by atoms with Gasteiger partial charge in [0.15, 0.2) is 11.6 Å². The van der Waals surface area contributed by atoms with Crippen LogP contribution in [0.15, 0.2) is 24.3 Å². The fraction of sp³-hybridized carbons (Fsp3) is 0.357. The Hall–Kier alpha value is -2.28. The molecule has 1 amide bonds. The van der Waals surface area contributed by atoms with E-state index in [2.05, 4.69) is 10.2 Å². The lowest BCUT2D eigenvalue weighted by molar-refractivity contribution is -0.137. The first-order chi connectivity index (χ1) is 10.1. The molecule has 6 nitrogen and oxygen atoms in total. The van der Waals surface area contributed by atoms with Gasteiger partial charge in [-0.05, 0) is 24.6 Å². The Morgan fingerprint density at radius 3 is 2.95 bits per heavy atom. The number of rotatable bonds is 3. The van der Waals surface area contributed by atoms with E-state index in [1.54, 1.807) is 28.5 Å². The Kier molecular flexibility index (Phi) is 3.42. The summed E-state index contributed by atoms with van der Waals surface area (Å²) in [5, 5.41) is 17.1. The largest absolute Gasteiger partial charge is 0.388 e. The van der Waals surface area contributed by atoms with Gasteiger partial charge in [-0.3, -0.25) is 9.36 Å². The van der Waals surface area contributed by atoms with E-state index < -0.39 is 6.04 Å². The summed E-state index contributed by atoms with van der Waals surface area (Å²) in [4.78, 5) is 14.0. The molecule has 0 saturated heterocycles. The molecule has 0 radical (unpaired) electrons. The molecule has 1 aliphatic heterocycles. The van der Waals surface area contributed by atoms with Gasteiger partial charge in [-0.25, -0.2) is 4.39 Å². The van der Waals surface area contributed by atoms with Crippen LogP contribution in [0.1, 0.15) is 30.2 Å². The van der Waals surface area contributed by atoms with E-state index in [4.69, 9.17) is 0 Å². The molecule has 110 valence electrons. The highest BCUT2D eigenvalue weighted by Gasteiger charge is 2.32. The Labute approximate surface area is 120 Å². The maximum Gasteiger partial charge on any atom is 0.246 e. The van der Waals surface area contributed by atoms with Crippen molar-refractivity contribution < 1.29 is 14.3 Å². The summed E-state index contributed by atoms with van der Waals surface area (Å²) >= 11 is 0. The molecule has 0 spiro atoms. The van der Waals surface area contributed by atoms with Crippen molar-refractivity contribution in [1.29, 1.82) is 0 Å². The molecule has 0 aliphatic carbocycles. The van der Waals surface area contributed by atoms with E-state index in [0.717, 1.165) is 5.56 Å². The Bertz CT molecular complexity index is 685. The van der Waals surface area contributed by atoms with Gasteiger partial charge in [0.1, 0.15) is 18.5 Å². The number of aliphatic hydroxyl groups excluding tert-OH is 1. The summed E-state index contributed by atoms with van der Waals surface area (Å²) in [6, 6.07) is 5.71. The van der Waals surface area contributed by atoms with E-state index in [0.29, 0.717) is 24.7 Å². The molecule has 1 atom stereocenters. The van der Waals surface area contributed by atoms with E-state index in [9.17, 15) is 14.3 Å². The molecule has 1 aromatic carbocycles. The monoisotopic (exact) mass is 290 g/mol. The molecule has 0 bridgehead atoms. The normalized spacial score (nSPS) is 18.0. The average molecular weight is 290 g/mol. The van der Waals surface area contributed by atoms with Gasteiger partial charge < -0.3 is 10.0 Å². The number of hydrogen-bond donors (Lipinski definition) is 1. The number of carbonyl (C=O) groups is 1. The minimum absolute atomic E-state index is 0.0961. The summed E-state index contributed by atoms with van der Waals surface area (Å²) < 4.78 is 14.9. The fourth-order valence-corrected chi connectivity index (χ4v) is 2.64. The van der Waals surface area contributed by atoms with Gasteiger partial charge in [-0.2, -0.15) is 0 Å². The fourth-order valence-electron chi connectivity index (χ4n) is 2.64. The van der Waals surface area contributed by atoms with Crippen LogP contribution in [-0.2, 0) is 24.5 Å². The predicted octanol–water partition coefficient (Wildman–Crippen LogP) is 1.01. The molecule has 1 N–H and O–H groups in total. The summed E-state index contributed by atoms with van der Waals surface area (Å²) in [7, 11) is 0. The van der Waals surface area contributed by atoms with Crippen molar-refractivity contribution in [2.75, 3.05) is 0 Å². The lowest BCUT2D eigenvalue weighted by Gasteiger charge is -2.32. The molecule has 1 aromatic heterocycles. The number of benzene rings is 1. The first-order valence-electron chi connectivity index (χ1n) is 6.67. The molecule has 0 unspecified atom stereocenters. The molecule has 0 fully saturated rings. The minimum atomic E-state index is -0.473. The standard InChI is InChI=1S/C14H15FN4O2/c1-9-14(21)18(6-10-3-2-4-11(15)5-10)7-12-16-17-13(8-20)19(9)12/h2-5,9,20H,6-8H2,1H3/t9-/m0/s1. The quantitative estimate of drug-likeness (QED) is 0.916. The third kappa shape index (κ3) is 2.40. The van der Waals surface area contributed by atoms with Crippen molar-refractivity contribution in [3.63, 3.8) is 0 Å². The second-order valence-corrected chi connectivity index (χ2v) is 5.06. The van der Waals surface area contributed by atoms with Gasteiger partial charge in [0.05, 0.1) is 6.54 Å². The molecule has 3 rings (SSSR count). The molecule has 21 heavy (non-hydrogen) atoms. The van der Waals surface area contributed by atoms with Gasteiger partial charge in [-0.15, -0.1) is 10.2 Å². The maximum absolute atomic E-state index is 13.2. The molecular formula is C14H15FN4O2. The first kappa shape index (κ1) is 13.7. The number of carbonyl (C=O) groups excluding carboxylic acids is 1. The van der Waals surface area contributed by atoms with Crippen LogP contribution in [0, 0.1) is 5.82 Å². The van der Waals surface area contributed by atoms with Crippen LogP contribution < -0.4 is 0 Å². The van der Waals surface area contributed by atoms with Gasteiger partial charge in [0, 0.05) is 6.54 Å². The van der Waals surface area contributed by atoms with E-state index in [1.807, 2.05) is 0 Å². The Morgan fingerprint density at radius 2 is 2.24 bits per heavy atom. The molecule has 2 aromatic rings. The highest BCUT2D eigenvalue weighted by Crippen LogP contribution is 2.24. The number of fused-ring (bicyclic) bond motifs is 1. The third-order valence-corrected chi connectivity index (χ3v) is 3.63. The highest BCUT2D eigenvalue weighted by atomic mass is 19.1. The zero-order valence-electron chi connectivity index (χ0n) is 11.5. The maximum atomic E-state index is 13.2. The molecule has 2 heterocycles. The van der Waals surface area contributed by atoms with Crippen LogP contribution in [0.4, 0.5) is 4.39 Å². The van der Waals surface area contributed by atoms with E-state index >= 15 is 0 Å². The zero-order valence-corrected chi connectivity index (χ0v) is 11.5. The van der Waals surface area contributed by atoms with Crippen molar-refractivity contribution >= 4 is 5.91 Å². The van der Waals surface area contributed by atoms with Gasteiger partial charge >= 0.3 is 0 Å². The number of amides is 1. The number of aromatic nitrogens is 3. The Morgan fingerprint density at radius 1 is 1.43 bits per heavy atom. The van der Waals surface area contributed by atoms with Crippen molar-refractivity contribution in [2.24, 2.45) is 0 Å². The van der Waals surface area contributed by atoms with Crippen molar-refractivity contribution in [1.82, 2.24) is 19.7 Å². The van der Waals surface area contributed by atoms with Gasteiger partial charge in [0.25, 0.3) is 0 Å². The minimum Gasteiger partial charge on any atom is -0.388 e. The van der Waals surface area contributed by atoms with Gasteiger partial charge in [-0.1, -0.05) is 12.1 Å². The van der Waals surface area contributed by atoms with E-state index in [-0.39, 0.29) is 18.3 Å². The average Bonchev–Trinajstić information content (AvgIpc) is 2.87. The van der Waals surface area contributed by atoms with E-state index in [1.165, 1.54) is 12.1 Å². The molecule has 1 aliphatic rings. The number of nitrogens with zero attached hydrogens (tertiary/aromatic N) is 4. The SMILES string of the molecule is C[C@H]1C(=O)N(Cc2cccc(F)c2)Cc2nnc(CO)n21. The lowest BCUT2D eigenvalue weighted by atomic mass is 10.1. The predicted molar refractivity (Wildman–Crippen MR) is 71.3 cm³/mol. The van der Waals surface area contributed by atoms with Crippen LogP contribution in [0.25, 0.3) is 0 Å². The van der Waals surface area contributed by atoms with Crippen LogP contribution in [0.3, 0.4) is 0 Å². The van der Waals surface area contributed by atoms with Crippen molar-refractivity contribution in [2.45, 2.75) is 32.7 Å². The topological polar surface area (TPSA) is 71.2 Å². The Balaban J connectivity index is 1.87. The van der Waals surface area contributed by atoms with Crippen LogP contribution in [0.5, 0.6) is 0 Å².